The Balaban J connectivity index is 2.24. The summed E-state index contributed by atoms with van der Waals surface area (Å²) in [5.74, 6) is 5.46. The number of nitrogens with two attached hydrogens (primary N) is 1. The number of nitrogens with one attached hydrogen (secondary N) is 1. The molecule has 1 unspecified atom stereocenters. The molecule has 1 heterocycles. The van der Waals surface area contributed by atoms with Crippen LogP contribution in [0.25, 0.3) is 0 Å². The normalized spacial score (nSPS) is 21.6. The lowest BCUT2D eigenvalue weighted by Gasteiger charge is -2.41. The number of carbonyl (C=O) groups is 1. The van der Waals surface area contributed by atoms with Crippen LogP contribution >= 0.6 is 0 Å². The van der Waals surface area contributed by atoms with E-state index in [1.165, 1.54) is 0 Å². The number of carbonyl (C=O) groups excluding carboxylic acids is 1. The van der Waals surface area contributed by atoms with Gasteiger partial charge in [0.2, 0.25) is 0 Å². The summed E-state index contributed by atoms with van der Waals surface area (Å²) in [6, 6.07) is 5.56. The Bertz CT molecular complexity index is 514. The maximum atomic E-state index is 12.6. The van der Waals surface area contributed by atoms with Crippen molar-refractivity contribution >= 4 is 11.6 Å². The van der Waals surface area contributed by atoms with Crippen molar-refractivity contribution < 1.29 is 9.90 Å². The highest BCUT2D eigenvalue weighted by Crippen LogP contribution is 2.30. The minimum absolute atomic E-state index is 0.0436. The van der Waals surface area contributed by atoms with Crippen molar-refractivity contribution in [2.75, 3.05) is 18.5 Å². The number of aliphatic hydroxyl groups excluding tert-OH is 1. The number of rotatable bonds is 2. The molecule has 1 aromatic carbocycles. The molecule has 5 nitrogen and oxygen atoms in total. The molecule has 110 valence electrons. The zero-order chi connectivity index (χ0) is 14.9. The van der Waals surface area contributed by atoms with Gasteiger partial charge in [0.1, 0.15) is 0 Å². The molecule has 2 rings (SSSR count). The van der Waals surface area contributed by atoms with Gasteiger partial charge in [0.05, 0.1) is 17.4 Å². The molecule has 0 aromatic heterocycles. The number of nitrogen functional groups attached to an aromatic ring is 1. The molecule has 1 atom stereocenters. The second-order valence-corrected chi connectivity index (χ2v) is 6.21. The number of piperidine rings is 1. The summed E-state index contributed by atoms with van der Waals surface area (Å²) < 4.78 is 0. The van der Waals surface area contributed by atoms with Crippen molar-refractivity contribution in [2.24, 2.45) is 11.3 Å². The standard InChI is InChI=1S/C15H23N3O2/c1-10-4-5-11(12(8-10)17-16)14(20)18-7-6-13(19)15(2,3)9-18/h4-5,8,13,17,19H,6-7,9,16H2,1-3H3. The van der Waals surface area contributed by atoms with E-state index < -0.39 is 0 Å². The third kappa shape index (κ3) is 2.78. The molecular formula is C15H23N3O2. The lowest BCUT2D eigenvalue weighted by atomic mass is 9.81. The van der Waals surface area contributed by atoms with Crippen LogP contribution in [0.3, 0.4) is 0 Å². The van der Waals surface area contributed by atoms with Crippen LogP contribution < -0.4 is 11.3 Å². The minimum atomic E-state index is -0.364. The summed E-state index contributed by atoms with van der Waals surface area (Å²) in [4.78, 5) is 14.4. The molecule has 4 N–H and O–H groups in total. The maximum Gasteiger partial charge on any atom is 0.256 e. The number of benzene rings is 1. The Morgan fingerprint density at radius 2 is 2.20 bits per heavy atom. The molecule has 5 heteroatoms. The lowest BCUT2D eigenvalue weighted by Crippen LogP contribution is -2.50. The van der Waals surface area contributed by atoms with Gasteiger partial charge in [-0.15, -0.1) is 0 Å². The first-order chi connectivity index (χ1) is 9.35. The van der Waals surface area contributed by atoms with E-state index in [2.05, 4.69) is 5.43 Å². The molecule has 1 saturated heterocycles. The van der Waals surface area contributed by atoms with Crippen molar-refractivity contribution in [3.8, 4) is 0 Å². The van der Waals surface area contributed by atoms with Gasteiger partial charge in [-0.25, -0.2) is 0 Å². The van der Waals surface area contributed by atoms with Crippen LogP contribution in [0.2, 0.25) is 0 Å². The Kier molecular flexibility index (Phi) is 4.01. The van der Waals surface area contributed by atoms with Crippen molar-refractivity contribution in [1.29, 1.82) is 0 Å². The van der Waals surface area contributed by atoms with E-state index in [4.69, 9.17) is 5.84 Å². The number of aryl methyl sites for hydroxylation is 1. The minimum Gasteiger partial charge on any atom is -0.392 e. The summed E-state index contributed by atoms with van der Waals surface area (Å²) in [6.07, 6.45) is 0.243. The van der Waals surface area contributed by atoms with E-state index in [0.29, 0.717) is 30.8 Å². The predicted molar refractivity (Wildman–Crippen MR) is 79.3 cm³/mol. The molecule has 0 aliphatic carbocycles. The fourth-order valence-corrected chi connectivity index (χ4v) is 2.65. The van der Waals surface area contributed by atoms with E-state index in [-0.39, 0.29) is 17.4 Å². The molecule has 1 aromatic rings. The van der Waals surface area contributed by atoms with Crippen molar-refractivity contribution in [3.63, 3.8) is 0 Å². The van der Waals surface area contributed by atoms with Crippen LogP contribution in [-0.4, -0.2) is 35.1 Å². The van der Waals surface area contributed by atoms with E-state index >= 15 is 0 Å². The first-order valence-corrected chi connectivity index (χ1v) is 6.90. The summed E-state index contributed by atoms with van der Waals surface area (Å²) in [5.41, 5.74) is 4.56. The number of aliphatic hydroxyl groups is 1. The highest BCUT2D eigenvalue weighted by Gasteiger charge is 2.36. The van der Waals surface area contributed by atoms with Gasteiger partial charge >= 0.3 is 0 Å². The second-order valence-electron chi connectivity index (χ2n) is 6.21. The SMILES string of the molecule is Cc1ccc(C(=O)N2CCC(O)C(C)(C)C2)c(NN)c1. The highest BCUT2D eigenvalue weighted by molar-refractivity contribution is 5.99. The molecule has 0 radical (unpaired) electrons. The molecular weight excluding hydrogens is 254 g/mol. The molecule has 1 fully saturated rings. The summed E-state index contributed by atoms with van der Waals surface area (Å²) in [7, 11) is 0. The number of likely N-dealkylation sites (tertiary alicyclic amines) is 1. The largest absolute Gasteiger partial charge is 0.392 e. The topological polar surface area (TPSA) is 78.6 Å². The molecule has 0 saturated carbocycles. The molecule has 0 spiro atoms. The number of anilines is 1. The Labute approximate surface area is 119 Å². The number of nitrogens with zero attached hydrogens (tertiary/aromatic N) is 1. The molecule has 0 bridgehead atoms. The highest BCUT2D eigenvalue weighted by atomic mass is 16.3. The first-order valence-electron chi connectivity index (χ1n) is 6.90. The summed E-state index contributed by atoms with van der Waals surface area (Å²) >= 11 is 0. The van der Waals surface area contributed by atoms with Gasteiger partial charge in [-0.2, -0.15) is 0 Å². The fourth-order valence-electron chi connectivity index (χ4n) is 2.65. The van der Waals surface area contributed by atoms with Crippen LogP contribution in [0.1, 0.15) is 36.2 Å². The second kappa shape index (κ2) is 5.42. The molecule has 20 heavy (non-hydrogen) atoms. The summed E-state index contributed by atoms with van der Waals surface area (Å²) in [6.45, 7) is 7.03. The Morgan fingerprint density at radius 3 is 2.80 bits per heavy atom. The number of hydrogen-bond acceptors (Lipinski definition) is 4. The van der Waals surface area contributed by atoms with E-state index in [0.717, 1.165) is 5.56 Å². The van der Waals surface area contributed by atoms with Gasteiger partial charge in [0.25, 0.3) is 5.91 Å². The van der Waals surface area contributed by atoms with Gasteiger partial charge < -0.3 is 15.4 Å². The maximum absolute atomic E-state index is 12.6. The third-order valence-electron chi connectivity index (χ3n) is 4.02. The average molecular weight is 277 g/mol. The number of amides is 1. The lowest BCUT2D eigenvalue weighted by molar-refractivity contribution is -0.0181. The van der Waals surface area contributed by atoms with Gasteiger partial charge in [-0.1, -0.05) is 19.9 Å². The van der Waals surface area contributed by atoms with Crippen molar-refractivity contribution in [2.45, 2.75) is 33.3 Å². The van der Waals surface area contributed by atoms with Crippen LogP contribution in [0.15, 0.2) is 18.2 Å². The van der Waals surface area contributed by atoms with Gasteiger partial charge in [0.15, 0.2) is 0 Å². The van der Waals surface area contributed by atoms with Gasteiger partial charge in [0, 0.05) is 18.5 Å². The number of hydrogen-bond donors (Lipinski definition) is 3. The quantitative estimate of drug-likeness (QED) is 0.565. The van der Waals surface area contributed by atoms with Crippen LogP contribution in [0.5, 0.6) is 0 Å². The fraction of sp³-hybridized carbons (Fsp3) is 0.533. The van der Waals surface area contributed by atoms with E-state index in [1.807, 2.05) is 32.9 Å². The monoisotopic (exact) mass is 277 g/mol. The van der Waals surface area contributed by atoms with Crippen LogP contribution in [-0.2, 0) is 0 Å². The van der Waals surface area contributed by atoms with Gasteiger partial charge in [-0.3, -0.25) is 10.6 Å². The zero-order valence-corrected chi connectivity index (χ0v) is 12.3. The van der Waals surface area contributed by atoms with Gasteiger partial charge in [-0.05, 0) is 31.0 Å². The molecule has 1 amide bonds. The smallest absolute Gasteiger partial charge is 0.256 e. The van der Waals surface area contributed by atoms with E-state index in [9.17, 15) is 9.90 Å². The van der Waals surface area contributed by atoms with E-state index in [1.54, 1.807) is 11.0 Å². The first kappa shape index (κ1) is 14.8. The van der Waals surface area contributed by atoms with Crippen molar-refractivity contribution in [3.05, 3.63) is 29.3 Å². The third-order valence-corrected chi connectivity index (χ3v) is 4.02. The molecule has 1 aliphatic heterocycles. The Hall–Kier alpha value is -1.59. The molecule has 1 aliphatic rings. The number of hydrazine groups is 1. The van der Waals surface area contributed by atoms with Crippen molar-refractivity contribution in [1.82, 2.24) is 4.90 Å². The summed E-state index contributed by atoms with van der Waals surface area (Å²) in [5, 5.41) is 9.97. The van der Waals surface area contributed by atoms with Crippen LogP contribution in [0.4, 0.5) is 5.69 Å². The average Bonchev–Trinajstić information content (AvgIpc) is 2.40. The predicted octanol–water partition coefficient (Wildman–Crippen LogP) is 1.51. The van der Waals surface area contributed by atoms with Crippen LogP contribution in [0, 0.1) is 12.3 Å². The zero-order valence-electron chi connectivity index (χ0n) is 12.3. The Morgan fingerprint density at radius 1 is 1.50 bits per heavy atom.